The summed E-state index contributed by atoms with van der Waals surface area (Å²) in [5, 5.41) is 7.74. The second-order valence-corrected chi connectivity index (χ2v) is 8.01. The van der Waals surface area contributed by atoms with Crippen molar-refractivity contribution in [2.24, 2.45) is 10.7 Å². The predicted molar refractivity (Wildman–Crippen MR) is 115 cm³/mol. The molecule has 1 fully saturated rings. The minimum atomic E-state index is -2.81. The number of hydrogen-bond donors (Lipinski definition) is 1. The van der Waals surface area contributed by atoms with E-state index in [0.29, 0.717) is 11.3 Å². The topological polar surface area (TPSA) is 107 Å². The van der Waals surface area contributed by atoms with Crippen LogP contribution in [0.15, 0.2) is 60.0 Å². The molecule has 1 amide bonds. The highest BCUT2D eigenvalue weighted by Crippen LogP contribution is 2.43. The molecule has 0 bridgehead atoms. The van der Waals surface area contributed by atoms with Crippen molar-refractivity contribution in [1.29, 1.82) is 0 Å². The Morgan fingerprint density at radius 1 is 1.09 bits per heavy atom. The monoisotopic (exact) mass is 450 g/mol. The fourth-order valence-corrected chi connectivity index (χ4v) is 3.86. The third-order valence-corrected chi connectivity index (χ3v) is 5.73. The number of pyridine rings is 1. The van der Waals surface area contributed by atoms with Gasteiger partial charge in [-0.1, -0.05) is 0 Å². The molecule has 1 saturated carbocycles. The summed E-state index contributed by atoms with van der Waals surface area (Å²) >= 11 is 0. The molecule has 1 atom stereocenters. The molecule has 1 aliphatic heterocycles. The van der Waals surface area contributed by atoms with Crippen LogP contribution in [-0.2, 0) is 10.3 Å². The lowest BCUT2D eigenvalue weighted by Gasteiger charge is -2.27. The molecule has 1 aromatic carbocycles. The lowest BCUT2D eigenvalue weighted by Crippen LogP contribution is -2.41. The van der Waals surface area contributed by atoms with Crippen molar-refractivity contribution in [3.8, 4) is 16.9 Å². The molecule has 0 spiro atoms. The van der Waals surface area contributed by atoms with Crippen LogP contribution in [0.5, 0.6) is 5.75 Å². The first-order valence-electron chi connectivity index (χ1n) is 10.4. The largest absolute Gasteiger partial charge is 0.490 e. The summed E-state index contributed by atoms with van der Waals surface area (Å²) in [5.74, 6) is 0.0605. The van der Waals surface area contributed by atoms with Gasteiger partial charge in [0, 0.05) is 18.8 Å². The van der Waals surface area contributed by atoms with Gasteiger partial charge in [-0.25, -0.2) is 13.8 Å². The van der Waals surface area contributed by atoms with Gasteiger partial charge < -0.3 is 10.5 Å². The minimum Gasteiger partial charge on any atom is -0.490 e. The summed E-state index contributed by atoms with van der Waals surface area (Å²) in [6, 6.07) is 9.81. The molecule has 2 aliphatic rings. The second-order valence-electron chi connectivity index (χ2n) is 8.01. The van der Waals surface area contributed by atoms with Gasteiger partial charge in [0.05, 0.1) is 18.5 Å². The van der Waals surface area contributed by atoms with Crippen molar-refractivity contribution < 1.29 is 18.3 Å². The molecular formula is C23H20F2N6O2. The van der Waals surface area contributed by atoms with Gasteiger partial charge in [0.2, 0.25) is 0 Å². The van der Waals surface area contributed by atoms with Crippen molar-refractivity contribution in [3.05, 3.63) is 71.8 Å². The molecule has 1 unspecified atom stereocenters. The maximum absolute atomic E-state index is 13.6. The fourth-order valence-electron chi connectivity index (χ4n) is 3.86. The van der Waals surface area contributed by atoms with E-state index in [1.165, 1.54) is 30.3 Å². The summed E-state index contributed by atoms with van der Waals surface area (Å²) in [5.41, 5.74) is 6.08. The average Bonchev–Trinajstić information content (AvgIpc) is 3.62. The number of benzene rings is 1. The number of carbonyl (C=O) groups is 1. The Balaban J connectivity index is 1.75. The van der Waals surface area contributed by atoms with Crippen LogP contribution in [-0.4, -0.2) is 45.1 Å². The molecule has 33 heavy (non-hydrogen) atoms. The first kappa shape index (κ1) is 20.9. The van der Waals surface area contributed by atoms with Crippen LogP contribution in [0.25, 0.3) is 11.1 Å². The van der Waals surface area contributed by atoms with Crippen LogP contribution in [0.2, 0.25) is 0 Å². The highest BCUT2D eigenvalue weighted by atomic mass is 19.3. The average molecular weight is 450 g/mol. The zero-order valence-electron chi connectivity index (χ0n) is 17.7. The summed E-state index contributed by atoms with van der Waals surface area (Å²) in [6.45, 7) is 0. The van der Waals surface area contributed by atoms with E-state index in [4.69, 9.17) is 10.5 Å². The van der Waals surface area contributed by atoms with E-state index in [2.05, 4.69) is 20.2 Å². The van der Waals surface area contributed by atoms with Gasteiger partial charge in [0.1, 0.15) is 11.4 Å². The number of halogens is 2. The highest BCUT2D eigenvalue weighted by Gasteiger charge is 2.50. The third kappa shape index (κ3) is 3.67. The van der Waals surface area contributed by atoms with Crippen molar-refractivity contribution >= 4 is 11.9 Å². The normalized spacial score (nSPS) is 20.3. The predicted octanol–water partition coefficient (Wildman–Crippen LogP) is 3.05. The Bertz CT molecular complexity index is 1250. The van der Waals surface area contributed by atoms with E-state index in [0.717, 1.165) is 24.0 Å². The lowest BCUT2D eigenvalue weighted by atomic mass is 9.81. The Kier molecular flexibility index (Phi) is 4.99. The fraction of sp³-hybridized carbons (Fsp3) is 0.261. The first-order chi connectivity index (χ1) is 15.9. The van der Waals surface area contributed by atoms with Crippen molar-refractivity contribution in [3.63, 3.8) is 0 Å². The Morgan fingerprint density at radius 3 is 2.55 bits per heavy atom. The lowest BCUT2D eigenvalue weighted by molar-refractivity contribution is -0.129. The van der Waals surface area contributed by atoms with E-state index >= 15 is 0 Å². The van der Waals surface area contributed by atoms with E-state index in [1.54, 1.807) is 30.6 Å². The van der Waals surface area contributed by atoms with E-state index in [-0.39, 0.29) is 17.6 Å². The molecule has 0 radical (unpaired) electrons. The minimum absolute atomic E-state index is 0.0175. The Labute approximate surface area is 188 Å². The van der Waals surface area contributed by atoms with Gasteiger partial charge in [-0.05, 0) is 65.9 Å². The molecular weight excluding hydrogens is 430 g/mol. The summed E-state index contributed by atoms with van der Waals surface area (Å²) in [7, 11) is 1.50. The van der Waals surface area contributed by atoms with E-state index < -0.39 is 23.6 Å². The van der Waals surface area contributed by atoms with Gasteiger partial charge in [0.15, 0.2) is 11.5 Å². The number of hydrogen-bond acceptors (Lipinski definition) is 7. The summed E-state index contributed by atoms with van der Waals surface area (Å²) < 4.78 is 33.0. The van der Waals surface area contributed by atoms with Crippen molar-refractivity contribution in [2.75, 3.05) is 7.05 Å². The quantitative estimate of drug-likeness (QED) is 0.619. The number of alkyl halides is 2. The van der Waals surface area contributed by atoms with Crippen LogP contribution in [0.3, 0.4) is 0 Å². The molecule has 168 valence electrons. The second kappa shape index (κ2) is 7.88. The van der Waals surface area contributed by atoms with Gasteiger partial charge in [-0.15, -0.1) is 0 Å². The molecule has 0 saturated heterocycles. The number of aromatic nitrogens is 3. The van der Waals surface area contributed by atoms with Crippen LogP contribution in [0.4, 0.5) is 8.78 Å². The smallest absolute Gasteiger partial charge is 0.280 e. The molecule has 2 N–H and O–H groups in total. The zero-order valence-corrected chi connectivity index (χ0v) is 17.7. The molecule has 8 nitrogen and oxygen atoms in total. The Hall–Kier alpha value is -3.95. The molecule has 3 heterocycles. The molecule has 2 aromatic heterocycles. The number of nitrogens with zero attached hydrogens (tertiary/aromatic N) is 5. The number of ether oxygens (including phenoxy) is 1. The van der Waals surface area contributed by atoms with Crippen molar-refractivity contribution in [2.45, 2.75) is 30.9 Å². The van der Waals surface area contributed by atoms with E-state index in [1.807, 2.05) is 6.07 Å². The first-order valence-corrected chi connectivity index (χ1v) is 10.4. The summed E-state index contributed by atoms with van der Waals surface area (Å²) in [6.07, 6.45) is 3.57. The van der Waals surface area contributed by atoms with Crippen LogP contribution >= 0.6 is 0 Å². The van der Waals surface area contributed by atoms with Gasteiger partial charge >= 0.3 is 0 Å². The standard InChI is InChI=1S/C23H20F2N6O2/c1-31-21(32)23(30-22(31)26,15-5-6-27-19(11-15)20(24)25)16-8-14(13-4-7-28-29-12-13)9-18(10-16)33-17-2-3-17/h4-12,17,20H,2-3H2,1H3,(H2,26,30). The van der Waals surface area contributed by atoms with Crippen LogP contribution in [0.1, 0.15) is 36.1 Å². The SMILES string of the molecule is CN1C(=O)C(c2cc(OC3CC3)cc(-c3ccnnc3)c2)(c2ccnc(C(F)F)c2)N=C1N. The number of likely N-dealkylation sites (N-methyl/N-ethyl adjacent to an activating group) is 1. The van der Waals surface area contributed by atoms with Crippen LogP contribution in [0, 0.1) is 0 Å². The molecule has 5 rings (SSSR count). The Morgan fingerprint density at radius 2 is 1.91 bits per heavy atom. The number of amides is 1. The number of guanidine groups is 1. The maximum Gasteiger partial charge on any atom is 0.280 e. The van der Waals surface area contributed by atoms with Crippen LogP contribution < -0.4 is 10.5 Å². The number of carbonyl (C=O) groups excluding carboxylic acids is 1. The van der Waals surface area contributed by atoms with Gasteiger partial charge in [0.25, 0.3) is 12.3 Å². The van der Waals surface area contributed by atoms with Gasteiger partial charge in [-0.3, -0.25) is 14.7 Å². The number of rotatable bonds is 6. The highest BCUT2D eigenvalue weighted by molar-refractivity contribution is 6.09. The third-order valence-electron chi connectivity index (χ3n) is 5.73. The summed E-state index contributed by atoms with van der Waals surface area (Å²) in [4.78, 5) is 23.0. The zero-order chi connectivity index (χ0) is 23.2. The molecule has 1 aliphatic carbocycles. The number of nitrogens with two attached hydrogens (primary N) is 1. The van der Waals surface area contributed by atoms with E-state index in [9.17, 15) is 13.6 Å². The molecule has 3 aromatic rings. The van der Waals surface area contributed by atoms with Crippen molar-refractivity contribution in [1.82, 2.24) is 20.1 Å². The van der Waals surface area contributed by atoms with Gasteiger partial charge in [-0.2, -0.15) is 10.2 Å². The number of aliphatic imine (C=N–C) groups is 1. The molecule has 10 heteroatoms. The maximum atomic E-state index is 13.6.